The van der Waals surface area contributed by atoms with Crippen LogP contribution in [0.1, 0.15) is 24.2 Å². The van der Waals surface area contributed by atoms with Crippen molar-refractivity contribution in [3.8, 4) is 5.69 Å². The van der Waals surface area contributed by atoms with Gasteiger partial charge in [0.05, 0.1) is 17.6 Å². The molecule has 1 fully saturated rings. The van der Waals surface area contributed by atoms with Gasteiger partial charge in [-0.1, -0.05) is 0 Å². The zero-order chi connectivity index (χ0) is 20.4. The van der Waals surface area contributed by atoms with E-state index in [-0.39, 0.29) is 5.91 Å². The van der Waals surface area contributed by atoms with E-state index in [0.29, 0.717) is 0 Å². The second kappa shape index (κ2) is 7.39. The topological polar surface area (TPSA) is 110 Å². The number of carboxylic acid groups (broad SMARTS) is 1. The van der Waals surface area contributed by atoms with Crippen molar-refractivity contribution >= 4 is 17.6 Å². The lowest BCUT2D eigenvalue weighted by atomic mass is 10.2. The number of aryl methyl sites for hydroxylation is 1. The van der Waals surface area contributed by atoms with Gasteiger partial charge in [-0.2, -0.15) is 13.2 Å². The Kier molecular flexibility index (Phi) is 5.59. The van der Waals surface area contributed by atoms with E-state index >= 15 is 0 Å². The van der Waals surface area contributed by atoms with E-state index in [0.717, 1.165) is 35.6 Å². The van der Waals surface area contributed by atoms with Crippen molar-refractivity contribution in [3.63, 3.8) is 0 Å². The molecule has 0 unspecified atom stereocenters. The Labute approximate surface area is 153 Å². The first-order chi connectivity index (χ1) is 12.4. The van der Waals surface area contributed by atoms with Gasteiger partial charge in [-0.25, -0.2) is 9.78 Å². The molecule has 1 aromatic carbocycles. The quantitative estimate of drug-likeness (QED) is 0.753. The summed E-state index contributed by atoms with van der Waals surface area (Å²) in [6.45, 7) is 4.01. The Bertz CT molecular complexity index is 840. The monoisotopic (exact) mass is 384 g/mol. The van der Waals surface area contributed by atoms with Crippen molar-refractivity contribution in [1.82, 2.24) is 9.55 Å². The molecule has 0 spiro atoms. The molecule has 7 nitrogen and oxygen atoms in total. The van der Waals surface area contributed by atoms with Crippen molar-refractivity contribution in [3.05, 3.63) is 42.0 Å². The molecule has 27 heavy (non-hydrogen) atoms. The highest BCUT2D eigenvalue weighted by Gasteiger charge is 2.45. The van der Waals surface area contributed by atoms with E-state index in [1.165, 1.54) is 0 Å². The number of nitrogens with two attached hydrogens (primary N) is 1. The Morgan fingerprint density at radius 3 is 2.11 bits per heavy atom. The van der Waals surface area contributed by atoms with Crippen LogP contribution in [0.15, 0.2) is 30.6 Å². The summed E-state index contributed by atoms with van der Waals surface area (Å²) < 4.78 is 33.8. The van der Waals surface area contributed by atoms with Gasteiger partial charge < -0.3 is 20.7 Å². The maximum atomic E-state index is 11.9. The number of halogens is 3. The number of rotatable bonds is 3. The van der Waals surface area contributed by atoms with Crippen LogP contribution in [0.25, 0.3) is 5.69 Å². The average Bonchev–Trinajstić information content (AvgIpc) is 3.26. The molecule has 0 atom stereocenters. The molecule has 0 aliphatic heterocycles. The van der Waals surface area contributed by atoms with Crippen molar-refractivity contribution < 1.29 is 27.9 Å². The summed E-state index contributed by atoms with van der Waals surface area (Å²) in [6.07, 6.45) is -1.74. The first kappa shape index (κ1) is 20.4. The molecule has 0 radical (unpaired) electrons. The highest BCUT2D eigenvalue weighted by molar-refractivity contribution is 6.00. The molecule has 0 saturated heterocycles. The standard InChI is InChI=1S/C15H18N4O.C2HF3O2/c1-10-11(2)19(9-17-10)13-5-3-12(4-6-13)18-14(20)15(16)7-8-15;3-2(4,5)1(6)7/h3-6,9H,7-8,16H2,1-2H3,(H,18,20);(H,6,7). The van der Waals surface area contributed by atoms with E-state index in [1.54, 1.807) is 6.33 Å². The van der Waals surface area contributed by atoms with Crippen LogP contribution in [0.3, 0.4) is 0 Å². The van der Waals surface area contributed by atoms with Crippen molar-refractivity contribution in [2.75, 3.05) is 5.32 Å². The van der Waals surface area contributed by atoms with Gasteiger partial charge in [0, 0.05) is 17.1 Å². The first-order valence-electron chi connectivity index (χ1n) is 7.95. The SMILES string of the molecule is Cc1ncn(-c2ccc(NC(=O)C3(N)CC3)cc2)c1C.O=C(O)C(F)(F)F. The van der Waals surface area contributed by atoms with Crippen LogP contribution in [0.5, 0.6) is 0 Å². The number of nitrogens with zero attached hydrogens (tertiary/aromatic N) is 2. The Balaban J connectivity index is 0.000000321. The number of carbonyl (C=O) groups excluding carboxylic acids is 1. The number of carbonyl (C=O) groups is 2. The number of anilines is 1. The summed E-state index contributed by atoms with van der Waals surface area (Å²) in [5.41, 5.74) is 9.13. The second-order valence-corrected chi connectivity index (χ2v) is 6.25. The third kappa shape index (κ3) is 5.07. The molecule has 4 N–H and O–H groups in total. The number of amides is 1. The molecule has 0 bridgehead atoms. The Hall–Kier alpha value is -2.88. The average molecular weight is 384 g/mol. The van der Waals surface area contributed by atoms with Crippen molar-refractivity contribution in [2.45, 2.75) is 38.4 Å². The summed E-state index contributed by atoms with van der Waals surface area (Å²) in [4.78, 5) is 25.0. The van der Waals surface area contributed by atoms with E-state index in [2.05, 4.69) is 10.3 Å². The molecule has 1 saturated carbocycles. The number of nitrogens with one attached hydrogen (secondary N) is 1. The lowest BCUT2D eigenvalue weighted by molar-refractivity contribution is -0.192. The molecule has 1 aromatic heterocycles. The maximum Gasteiger partial charge on any atom is 0.490 e. The minimum Gasteiger partial charge on any atom is -0.475 e. The van der Waals surface area contributed by atoms with Crippen LogP contribution in [0.2, 0.25) is 0 Å². The summed E-state index contributed by atoms with van der Waals surface area (Å²) in [5, 5.41) is 9.98. The van der Waals surface area contributed by atoms with Crippen molar-refractivity contribution in [1.29, 1.82) is 0 Å². The van der Waals surface area contributed by atoms with Gasteiger partial charge >= 0.3 is 12.1 Å². The van der Waals surface area contributed by atoms with E-state index in [9.17, 15) is 18.0 Å². The molecule has 2 aromatic rings. The zero-order valence-corrected chi connectivity index (χ0v) is 14.7. The van der Waals surface area contributed by atoms with Crippen LogP contribution in [0.4, 0.5) is 18.9 Å². The van der Waals surface area contributed by atoms with Crippen LogP contribution >= 0.6 is 0 Å². The number of aromatic nitrogens is 2. The molecular formula is C17H19F3N4O3. The summed E-state index contributed by atoms with van der Waals surface area (Å²) in [6, 6.07) is 7.68. The highest BCUT2D eigenvalue weighted by atomic mass is 19.4. The number of imidazole rings is 1. The number of aliphatic carboxylic acids is 1. The van der Waals surface area contributed by atoms with Gasteiger partial charge in [0.2, 0.25) is 5.91 Å². The lowest BCUT2D eigenvalue weighted by Crippen LogP contribution is -2.37. The normalized spacial score (nSPS) is 14.7. The van der Waals surface area contributed by atoms with Crippen LogP contribution in [-0.2, 0) is 9.59 Å². The minimum atomic E-state index is -5.08. The van der Waals surface area contributed by atoms with Gasteiger partial charge in [-0.05, 0) is 51.0 Å². The largest absolute Gasteiger partial charge is 0.490 e. The van der Waals surface area contributed by atoms with Crippen LogP contribution in [-0.4, -0.2) is 38.2 Å². The number of carboxylic acids is 1. The molecule has 3 rings (SSSR count). The smallest absolute Gasteiger partial charge is 0.475 e. The fraction of sp³-hybridized carbons (Fsp3) is 0.353. The van der Waals surface area contributed by atoms with Gasteiger partial charge in [0.15, 0.2) is 0 Å². The van der Waals surface area contributed by atoms with Gasteiger partial charge in [0.25, 0.3) is 0 Å². The van der Waals surface area contributed by atoms with Gasteiger partial charge in [-0.15, -0.1) is 0 Å². The van der Waals surface area contributed by atoms with E-state index in [1.807, 2.05) is 42.7 Å². The molecule has 1 aliphatic carbocycles. The van der Waals surface area contributed by atoms with E-state index < -0.39 is 17.7 Å². The fourth-order valence-corrected chi connectivity index (χ4v) is 2.08. The van der Waals surface area contributed by atoms with Crippen LogP contribution < -0.4 is 11.1 Å². The van der Waals surface area contributed by atoms with Crippen molar-refractivity contribution in [2.24, 2.45) is 5.73 Å². The third-order valence-corrected chi connectivity index (χ3v) is 4.14. The number of hydrogen-bond acceptors (Lipinski definition) is 4. The van der Waals surface area contributed by atoms with Gasteiger partial charge in [-0.3, -0.25) is 4.79 Å². The second-order valence-electron chi connectivity index (χ2n) is 6.25. The number of alkyl halides is 3. The van der Waals surface area contributed by atoms with Crippen LogP contribution in [0, 0.1) is 13.8 Å². The lowest BCUT2D eigenvalue weighted by Gasteiger charge is -2.11. The van der Waals surface area contributed by atoms with E-state index in [4.69, 9.17) is 15.6 Å². The third-order valence-electron chi connectivity index (χ3n) is 4.14. The Morgan fingerprint density at radius 2 is 1.74 bits per heavy atom. The molecule has 146 valence electrons. The molecule has 1 heterocycles. The minimum absolute atomic E-state index is 0.0973. The first-order valence-corrected chi connectivity index (χ1v) is 7.95. The summed E-state index contributed by atoms with van der Waals surface area (Å²) in [7, 11) is 0. The number of benzene rings is 1. The zero-order valence-electron chi connectivity index (χ0n) is 14.7. The highest BCUT2D eigenvalue weighted by Crippen LogP contribution is 2.33. The number of hydrogen-bond donors (Lipinski definition) is 3. The summed E-state index contributed by atoms with van der Waals surface area (Å²) >= 11 is 0. The molecule has 1 aliphatic rings. The maximum absolute atomic E-state index is 11.9. The molecule has 10 heteroatoms. The molecule has 1 amide bonds. The summed E-state index contributed by atoms with van der Waals surface area (Å²) in [5.74, 6) is -2.85. The van der Waals surface area contributed by atoms with Gasteiger partial charge in [0.1, 0.15) is 0 Å². The molecular weight excluding hydrogens is 365 g/mol. The predicted molar refractivity (Wildman–Crippen MR) is 91.5 cm³/mol. The Morgan fingerprint density at radius 1 is 1.22 bits per heavy atom. The predicted octanol–water partition coefficient (Wildman–Crippen LogP) is 2.55. The fourth-order valence-electron chi connectivity index (χ4n) is 2.08.